The highest BCUT2D eigenvalue weighted by Crippen LogP contribution is 2.32. The molecule has 1 heterocycles. The molecule has 21 heavy (non-hydrogen) atoms. The Labute approximate surface area is 119 Å². The summed E-state index contributed by atoms with van der Waals surface area (Å²) in [6, 6.07) is 7.18. The summed E-state index contributed by atoms with van der Waals surface area (Å²) in [7, 11) is -4.08. The van der Waals surface area contributed by atoms with Crippen molar-refractivity contribution >= 4 is 16.0 Å². The van der Waals surface area contributed by atoms with E-state index in [-0.39, 0.29) is 10.5 Å². The molecule has 0 bridgehead atoms. The molecule has 1 saturated heterocycles. The summed E-state index contributed by atoms with van der Waals surface area (Å²) in [5, 5.41) is 27.2. The molecule has 1 fully saturated rings. The smallest absolute Gasteiger partial charge is 0.341 e. The number of hydrogen-bond donors (Lipinski definition) is 2. The summed E-state index contributed by atoms with van der Waals surface area (Å²) in [4.78, 5) is 10.3. The van der Waals surface area contributed by atoms with Crippen LogP contribution < -0.4 is 0 Å². The Bertz CT molecular complexity index is 721. The average molecular weight is 314 g/mol. The van der Waals surface area contributed by atoms with Gasteiger partial charge in [-0.3, -0.25) is 0 Å². The van der Waals surface area contributed by atoms with E-state index in [0.29, 0.717) is 0 Å². The molecule has 0 radical (unpaired) electrons. The first-order valence-electron chi connectivity index (χ1n) is 5.81. The summed E-state index contributed by atoms with van der Waals surface area (Å²) in [6.45, 7) is -1.36. The van der Waals surface area contributed by atoms with Crippen molar-refractivity contribution < 1.29 is 27.8 Å². The minimum atomic E-state index is -4.08. The second-order valence-electron chi connectivity index (χ2n) is 4.69. The average Bonchev–Trinajstić information content (AvgIpc) is 2.42. The number of β-amino-alcohol motifs (C(OH)–C–C–N with tert-alkyl or cyclic N) is 1. The number of carboxylic acids is 1. The lowest BCUT2D eigenvalue weighted by atomic mass is 9.91. The number of halogens is 1. The Morgan fingerprint density at radius 1 is 1.43 bits per heavy atom. The van der Waals surface area contributed by atoms with E-state index in [9.17, 15) is 22.7 Å². The number of carbonyl (C=O) groups is 1. The van der Waals surface area contributed by atoms with Crippen LogP contribution >= 0.6 is 0 Å². The third kappa shape index (κ3) is 2.49. The SMILES string of the molecule is N#Cc1ccccc1S(=O)(=O)N1CC(O)(C(F)C(=O)O)C1. The first-order valence-corrected chi connectivity index (χ1v) is 7.25. The molecule has 2 N–H and O–H groups in total. The van der Waals surface area contributed by atoms with E-state index in [2.05, 4.69) is 0 Å². The maximum absolute atomic E-state index is 13.3. The molecule has 1 aromatic rings. The molecule has 0 spiro atoms. The summed E-state index contributed by atoms with van der Waals surface area (Å²) in [6.07, 6.45) is -2.57. The number of sulfonamides is 1. The summed E-state index contributed by atoms with van der Waals surface area (Å²) in [5.41, 5.74) is -2.33. The number of nitrogens with zero attached hydrogens (tertiary/aromatic N) is 2. The highest BCUT2D eigenvalue weighted by Gasteiger charge is 2.55. The van der Waals surface area contributed by atoms with Crippen LogP contribution in [0.4, 0.5) is 4.39 Å². The zero-order chi connectivity index (χ0) is 15.8. The van der Waals surface area contributed by atoms with E-state index in [1.807, 2.05) is 0 Å². The fraction of sp³-hybridized carbons (Fsp3) is 0.333. The van der Waals surface area contributed by atoms with E-state index < -0.39 is 40.9 Å². The van der Waals surface area contributed by atoms with Crippen molar-refractivity contribution in [1.29, 1.82) is 5.26 Å². The van der Waals surface area contributed by atoms with Crippen LogP contribution in [0.15, 0.2) is 29.2 Å². The van der Waals surface area contributed by atoms with Gasteiger partial charge in [-0.1, -0.05) is 12.1 Å². The number of benzene rings is 1. The van der Waals surface area contributed by atoms with Gasteiger partial charge in [0.15, 0.2) is 0 Å². The number of aliphatic hydroxyl groups is 1. The lowest BCUT2D eigenvalue weighted by molar-refractivity contribution is -0.166. The highest BCUT2D eigenvalue weighted by molar-refractivity contribution is 7.89. The van der Waals surface area contributed by atoms with Crippen LogP contribution in [0.25, 0.3) is 0 Å². The predicted octanol–water partition coefficient (Wildman–Crippen LogP) is -0.284. The Hall–Kier alpha value is -2.02. The van der Waals surface area contributed by atoms with Gasteiger partial charge < -0.3 is 10.2 Å². The second kappa shape index (κ2) is 5.07. The van der Waals surface area contributed by atoms with Crippen LogP contribution in [0.5, 0.6) is 0 Å². The van der Waals surface area contributed by atoms with Crippen LogP contribution in [0.2, 0.25) is 0 Å². The van der Waals surface area contributed by atoms with Gasteiger partial charge in [-0.15, -0.1) is 0 Å². The number of hydrogen-bond acceptors (Lipinski definition) is 5. The van der Waals surface area contributed by atoms with Crippen molar-refractivity contribution in [2.24, 2.45) is 0 Å². The molecule has 0 amide bonds. The van der Waals surface area contributed by atoms with Crippen molar-refractivity contribution in [3.8, 4) is 6.07 Å². The molecular formula is C12H11FN2O5S. The quantitative estimate of drug-likeness (QED) is 0.788. The van der Waals surface area contributed by atoms with E-state index in [0.717, 1.165) is 4.31 Å². The summed E-state index contributed by atoms with van der Waals surface area (Å²) >= 11 is 0. The normalized spacial score (nSPS) is 19.3. The molecule has 1 aliphatic rings. The van der Waals surface area contributed by atoms with Gasteiger partial charge in [0, 0.05) is 13.1 Å². The van der Waals surface area contributed by atoms with E-state index in [4.69, 9.17) is 10.4 Å². The Kier molecular flexibility index (Phi) is 3.71. The van der Waals surface area contributed by atoms with Crippen LogP contribution in [0, 0.1) is 11.3 Å². The Morgan fingerprint density at radius 3 is 2.52 bits per heavy atom. The van der Waals surface area contributed by atoms with Crippen LogP contribution in [0.1, 0.15) is 5.56 Å². The Balaban J connectivity index is 2.26. The minimum absolute atomic E-state index is 0.0806. The largest absolute Gasteiger partial charge is 0.479 e. The summed E-state index contributed by atoms with van der Waals surface area (Å²) in [5.74, 6) is -1.85. The molecule has 0 aliphatic carbocycles. The van der Waals surface area contributed by atoms with Gasteiger partial charge in [-0.05, 0) is 12.1 Å². The zero-order valence-electron chi connectivity index (χ0n) is 10.6. The first kappa shape index (κ1) is 15.4. The van der Waals surface area contributed by atoms with E-state index in [1.54, 1.807) is 6.07 Å². The predicted molar refractivity (Wildman–Crippen MR) is 67.4 cm³/mol. The van der Waals surface area contributed by atoms with Crippen LogP contribution in [-0.2, 0) is 14.8 Å². The number of rotatable bonds is 4. The van der Waals surface area contributed by atoms with Gasteiger partial charge in [0.2, 0.25) is 16.2 Å². The number of nitriles is 1. The third-order valence-corrected chi connectivity index (χ3v) is 5.06. The lowest BCUT2D eigenvalue weighted by Crippen LogP contribution is -2.69. The maximum Gasteiger partial charge on any atom is 0.341 e. The monoisotopic (exact) mass is 314 g/mol. The van der Waals surface area contributed by atoms with E-state index >= 15 is 0 Å². The molecule has 2 rings (SSSR count). The Morgan fingerprint density at radius 2 is 2.00 bits per heavy atom. The number of alkyl halides is 1. The lowest BCUT2D eigenvalue weighted by Gasteiger charge is -2.45. The molecule has 1 aliphatic heterocycles. The fourth-order valence-corrected chi connectivity index (χ4v) is 3.75. The maximum atomic E-state index is 13.3. The second-order valence-corrected chi connectivity index (χ2v) is 6.59. The first-order chi connectivity index (χ1) is 9.72. The van der Waals surface area contributed by atoms with Crippen molar-refractivity contribution in [2.45, 2.75) is 16.7 Å². The standard InChI is InChI=1S/C12H11FN2O5S/c13-10(11(16)17)12(18)6-15(7-12)21(19,20)9-4-2-1-3-8(9)5-14/h1-4,10,18H,6-7H2,(H,16,17). The van der Waals surface area contributed by atoms with Crippen LogP contribution in [-0.4, -0.2) is 53.8 Å². The van der Waals surface area contributed by atoms with Gasteiger partial charge in [0.25, 0.3) is 0 Å². The van der Waals surface area contributed by atoms with Gasteiger partial charge in [-0.2, -0.15) is 9.57 Å². The minimum Gasteiger partial charge on any atom is -0.479 e. The molecule has 1 atom stereocenters. The molecule has 7 nitrogen and oxygen atoms in total. The van der Waals surface area contributed by atoms with Gasteiger partial charge in [0.1, 0.15) is 11.7 Å². The van der Waals surface area contributed by atoms with Crippen molar-refractivity contribution in [3.05, 3.63) is 29.8 Å². The molecular weight excluding hydrogens is 303 g/mol. The van der Waals surface area contributed by atoms with Gasteiger partial charge >= 0.3 is 5.97 Å². The van der Waals surface area contributed by atoms with Crippen molar-refractivity contribution in [2.75, 3.05) is 13.1 Å². The molecule has 9 heteroatoms. The molecule has 1 aromatic carbocycles. The van der Waals surface area contributed by atoms with Crippen LogP contribution in [0.3, 0.4) is 0 Å². The van der Waals surface area contributed by atoms with Gasteiger partial charge in [0.05, 0.1) is 10.5 Å². The van der Waals surface area contributed by atoms with E-state index in [1.165, 1.54) is 24.3 Å². The third-order valence-electron chi connectivity index (χ3n) is 3.21. The molecule has 112 valence electrons. The van der Waals surface area contributed by atoms with Crippen molar-refractivity contribution in [1.82, 2.24) is 4.31 Å². The number of carboxylic acid groups (broad SMARTS) is 1. The molecule has 1 unspecified atom stereocenters. The fourth-order valence-electron chi connectivity index (χ4n) is 2.05. The van der Waals surface area contributed by atoms with Crippen molar-refractivity contribution in [3.63, 3.8) is 0 Å². The topological polar surface area (TPSA) is 119 Å². The molecule has 0 saturated carbocycles. The zero-order valence-corrected chi connectivity index (χ0v) is 11.4. The number of aliphatic carboxylic acids is 1. The molecule has 0 aromatic heterocycles. The summed E-state index contributed by atoms with van der Waals surface area (Å²) < 4.78 is 38.6. The highest BCUT2D eigenvalue weighted by atomic mass is 32.2. The van der Waals surface area contributed by atoms with Gasteiger partial charge in [-0.25, -0.2) is 17.6 Å².